The highest BCUT2D eigenvalue weighted by Gasteiger charge is 2.16. The molecule has 0 aliphatic heterocycles. The van der Waals surface area contributed by atoms with Crippen molar-refractivity contribution in [2.45, 2.75) is 20.0 Å². The van der Waals surface area contributed by atoms with Crippen LogP contribution < -0.4 is 15.4 Å². The number of rotatable bonds is 5. The lowest BCUT2D eigenvalue weighted by molar-refractivity contribution is -0.122. The van der Waals surface area contributed by atoms with Crippen LogP contribution in [0.15, 0.2) is 42.5 Å². The van der Waals surface area contributed by atoms with Gasteiger partial charge in [0, 0.05) is 17.6 Å². The average molecular weight is 367 g/mol. The van der Waals surface area contributed by atoms with Crippen LogP contribution in [-0.2, 0) is 9.59 Å². The van der Waals surface area contributed by atoms with Gasteiger partial charge in [-0.05, 0) is 43.3 Å². The molecule has 0 heterocycles. The Morgan fingerprint density at radius 1 is 1.08 bits per heavy atom. The number of carbonyl (C=O) groups excluding carboxylic acids is 2. The van der Waals surface area contributed by atoms with Crippen LogP contribution in [0.25, 0.3) is 0 Å². The lowest BCUT2D eigenvalue weighted by Gasteiger charge is -2.16. The topological polar surface area (TPSA) is 67.4 Å². The maximum absolute atomic E-state index is 12.3. The zero-order valence-electron chi connectivity index (χ0n) is 13.1. The number of nitrogens with one attached hydrogen (secondary N) is 2. The van der Waals surface area contributed by atoms with Gasteiger partial charge in [0.2, 0.25) is 5.91 Å². The van der Waals surface area contributed by atoms with Gasteiger partial charge in [-0.15, -0.1) is 0 Å². The summed E-state index contributed by atoms with van der Waals surface area (Å²) in [6.45, 7) is 3.01. The third-order valence-corrected chi connectivity index (χ3v) is 3.59. The molecule has 0 bridgehead atoms. The third-order valence-electron chi connectivity index (χ3n) is 3.02. The van der Waals surface area contributed by atoms with Gasteiger partial charge in [-0.2, -0.15) is 0 Å². The Hall–Kier alpha value is -2.24. The Morgan fingerprint density at radius 2 is 1.83 bits per heavy atom. The number of hydrogen-bond donors (Lipinski definition) is 2. The van der Waals surface area contributed by atoms with Crippen LogP contribution in [0.5, 0.6) is 5.75 Å². The highest BCUT2D eigenvalue weighted by atomic mass is 35.5. The summed E-state index contributed by atoms with van der Waals surface area (Å²) >= 11 is 12.0. The molecule has 2 rings (SSSR count). The Bertz CT molecular complexity index is 765. The first-order valence-corrected chi connectivity index (χ1v) is 7.91. The van der Waals surface area contributed by atoms with Gasteiger partial charge in [-0.25, -0.2) is 0 Å². The van der Waals surface area contributed by atoms with E-state index in [4.69, 9.17) is 27.9 Å². The van der Waals surface area contributed by atoms with Crippen LogP contribution in [-0.4, -0.2) is 17.9 Å². The zero-order chi connectivity index (χ0) is 17.7. The van der Waals surface area contributed by atoms with Gasteiger partial charge >= 0.3 is 0 Å². The number of amides is 2. The highest BCUT2D eigenvalue weighted by Crippen LogP contribution is 2.26. The summed E-state index contributed by atoms with van der Waals surface area (Å²) < 4.78 is 5.55. The van der Waals surface area contributed by atoms with E-state index in [0.717, 1.165) is 0 Å². The van der Waals surface area contributed by atoms with E-state index in [2.05, 4.69) is 10.6 Å². The average Bonchev–Trinajstić information content (AvgIpc) is 2.50. The van der Waals surface area contributed by atoms with E-state index in [1.165, 1.54) is 6.92 Å². The molecule has 5 nitrogen and oxygen atoms in total. The second-order valence-corrected chi connectivity index (χ2v) is 5.93. The van der Waals surface area contributed by atoms with Crippen LogP contribution >= 0.6 is 23.2 Å². The molecule has 0 aliphatic rings. The molecule has 0 radical (unpaired) electrons. The first kappa shape index (κ1) is 18.1. The van der Waals surface area contributed by atoms with Gasteiger partial charge in [0.15, 0.2) is 6.10 Å². The molecular formula is C17H16Cl2N2O3. The first-order chi connectivity index (χ1) is 11.3. The summed E-state index contributed by atoms with van der Waals surface area (Å²) in [6, 6.07) is 11.6. The van der Waals surface area contributed by atoms with Gasteiger partial charge in [-0.3, -0.25) is 9.59 Å². The minimum atomic E-state index is -0.760. The van der Waals surface area contributed by atoms with E-state index in [1.807, 2.05) is 0 Å². The molecule has 1 unspecified atom stereocenters. The number of ether oxygens (including phenoxy) is 1. The van der Waals surface area contributed by atoms with Crippen LogP contribution in [0.4, 0.5) is 11.4 Å². The van der Waals surface area contributed by atoms with E-state index in [0.29, 0.717) is 27.2 Å². The molecule has 0 aromatic heterocycles. The fourth-order valence-corrected chi connectivity index (χ4v) is 2.28. The molecule has 126 valence electrons. The van der Waals surface area contributed by atoms with Crippen LogP contribution in [0.2, 0.25) is 10.0 Å². The minimum Gasteiger partial charge on any atom is -0.481 e. The Kier molecular flexibility index (Phi) is 6.06. The molecule has 7 heteroatoms. The predicted octanol–water partition coefficient (Wildman–Crippen LogP) is 4.36. The van der Waals surface area contributed by atoms with Crippen molar-refractivity contribution in [2.75, 3.05) is 10.6 Å². The fraction of sp³-hybridized carbons (Fsp3) is 0.176. The maximum Gasteiger partial charge on any atom is 0.265 e. The highest BCUT2D eigenvalue weighted by molar-refractivity contribution is 6.34. The van der Waals surface area contributed by atoms with Crippen LogP contribution in [0, 0.1) is 0 Å². The van der Waals surface area contributed by atoms with Crippen molar-refractivity contribution in [3.05, 3.63) is 52.5 Å². The molecule has 2 aromatic carbocycles. The molecule has 0 fully saturated rings. The lowest BCUT2D eigenvalue weighted by atomic mass is 10.2. The molecule has 2 aromatic rings. The molecule has 2 amide bonds. The summed E-state index contributed by atoms with van der Waals surface area (Å²) in [7, 11) is 0. The SMILES string of the molecule is CC(=O)Nc1ccc(Cl)c(NC(=O)C(C)Oc2cccc(Cl)c2)c1. The molecule has 0 saturated carbocycles. The smallest absolute Gasteiger partial charge is 0.265 e. The molecule has 1 atom stereocenters. The molecule has 24 heavy (non-hydrogen) atoms. The van der Waals surface area contributed by atoms with Crippen molar-refractivity contribution in [1.82, 2.24) is 0 Å². The predicted molar refractivity (Wildman–Crippen MR) is 95.9 cm³/mol. The lowest BCUT2D eigenvalue weighted by Crippen LogP contribution is -2.30. The number of hydrogen-bond acceptors (Lipinski definition) is 3. The third kappa shape index (κ3) is 5.15. The number of halogens is 2. The second-order valence-electron chi connectivity index (χ2n) is 5.08. The van der Waals surface area contributed by atoms with Crippen molar-refractivity contribution in [2.24, 2.45) is 0 Å². The summed E-state index contributed by atoms with van der Waals surface area (Å²) in [5.74, 6) is -0.104. The number of benzene rings is 2. The molecular weight excluding hydrogens is 351 g/mol. The number of anilines is 2. The van der Waals surface area contributed by atoms with Crippen molar-refractivity contribution in [1.29, 1.82) is 0 Å². The normalized spacial score (nSPS) is 11.5. The van der Waals surface area contributed by atoms with E-state index >= 15 is 0 Å². The first-order valence-electron chi connectivity index (χ1n) is 7.15. The zero-order valence-corrected chi connectivity index (χ0v) is 14.6. The van der Waals surface area contributed by atoms with Crippen molar-refractivity contribution < 1.29 is 14.3 Å². The Balaban J connectivity index is 2.06. The summed E-state index contributed by atoms with van der Waals surface area (Å²) in [5, 5.41) is 6.18. The molecule has 0 saturated heterocycles. The van der Waals surface area contributed by atoms with Crippen molar-refractivity contribution >= 4 is 46.4 Å². The second kappa shape index (κ2) is 8.04. The van der Waals surface area contributed by atoms with Gasteiger partial charge in [-0.1, -0.05) is 29.3 Å². The largest absolute Gasteiger partial charge is 0.481 e. The van der Waals surface area contributed by atoms with Crippen molar-refractivity contribution in [3.63, 3.8) is 0 Å². The quantitative estimate of drug-likeness (QED) is 0.825. The van der Waals surface area contributed by atoms with Gasteiger partial charge in [0.25, 0.3) is 5.91 Å². The van der Waals surface area contributed by atoms with Gasteiger partial charge in [0.05, 0.1) is 10.7 Å². The molecule has 0 aliphatic carbocycles. The van der Waals surface area contributed by atoms with Crippen molar-refractivity contribution in [3.8, 4) is 5.75 Å². The Morgan fingerprint density at radius 3 is 2.50 bits per heavy atom. The van der Waals surface area contributed by atoms with Crippen LogP contribution in [0.1, 0.15) is 13.8 Å². The van der Waals surface area contributed by atoms with E-state index in [-0.39, 0.29) is 11.8 Å². The maximum atomic E-state index is 12.3. The van der Waals surface area contributed by atoms with Crippen LogP contribution in [0.3, 0.4) is 0 Å². The van der Waals surface area contributed by atoms with Gasteiger partial charge < -0.3 is 15.4 Å². The van der Waals surface area contributed by atoms with E-state index < -0.39 is 6.10 Å². The monoisotopic (exact) mass is 366 g/mol. The Labute approximate surface area is 149 Å². The molecule has 2 N–H and O–H groups in total. The molecule has 0 spiro atoms. The summed E-state index contributed by atoms with van der Waals surface area (Å²) in [5.41, 5.74) is 0.917. The number of carbonyl (C=O) groups is 2. The standard InChI is InChI=1S/C17H16Cl2N2O3/c1-10(24-14-5-3-4-12(18)8-14)17(23)21-16-9-13(20-11(2)22)6-7-15(16)19/h3-10H,1-2H3,(H,20,22)(H,21,23). The fourth-order valence-electron chi connectivity index (χ4n) is 1.93. The van der Waals surface area contributed by atoms with E-state index in [1.54, 1.807) is 49.4 Å². The summed E-state index contributed by atoms with van der Waals surface area (Å²) in [4.78, 5) is 23.4. The van der Waals surface area contributed by atoms with Gasteiger partial charge in [0.1, 0.15) is 5.75 Å². The minimum absolute atomic E-state index is 0.216. The van der Waals surface area contributed by atoms with E-state index in [9.17, 15) is 9.59 Å². The summed E-state index contributed by atoms with van der Waals surface area (Å²) in [6.07, 6.45) is -0.760.